The van der Waals surface area contributed by atoms with Crippen molar-refractivity contribution in [3.05, 3.63) is 59.9 Å². The third-order valence-corrected chi connectivity index (χ3v) is 6.50. The van der Waals surface area contributed by atoms with Crippen LogP contribution in [0.5, 0.6) is 0 Å². The summed E-state index contributed by atoms with van der Waals surface area (Å²) in [4.78, 5) is 23.1. The van der Waals surface area contributed by atoms with E-state index < -0.39 is 5.91 Å². The highest BCUT2D eigenvalue weighted by Gasteiger charge is 2.30. The topological polar surface area (TPSA) is 154 Å². The van der Waals surface area contributed by atoms with Crippen molar-refractivity contribution < 1.29 is 4.79 Å². The van der Waals surface area contributed by atoms with Crippen molar-refractivity contribution in [3.63, 3.8) is 0 Å². The average Bonchev–Trinajstić information content (AvgIpc) is 3.61. The van der Waals surface area contributed by atoms with Crippen molar-refractivity contribution in [2.75, 3.05) is 24.5 Å². The van der Waals surface area contributed by atoms with Crippen LogP contribution < -0.4 is 16.0 Å². The van der Waals surface area contributed by atoms with Gasteiger partial charge in [0.1, 0.15) is 11.9 Å². The lowest BCUT2D eigenvalue weighted by molar-refractivity contribution is 0.100. The largest absolute Gasteiger partial charge is 0.366 e. The molecule has 4 aromatic rings. The predicted molar refractivity (Wildman–Crippen MR) is 130 cm³/mol. The fourth-order valence-corrected chi connectivity index (χ4v) is 4.66. The van der Waals surface area contributed by atoms with Gasteiger partial charge in [0, 0.05) is 54.5 Å². The molecule has 1 amide bonds. The third-order valence-electron chi connectivity index (χ3n) is 6.50. The lowest BCUT2D eigenvalue weighted by atomic mass is 10.0. The number of nitrogens with zero attached hydrogens (tertiary/aromatic N) is 7. The Morgan fingerprint density at radius 3 is 2.94 bits per heavy atom. The molecule has 0 aromatic carbocycles. The molecule has 1 saturated heterocycles. The second-order valence-electron chi connectivity index (χ2n) is 8.82. The van der Waals surface area contributed by atoms with Crippen molar-refractivity contribution in [2.45, 2.75) is 25.8 Å². The number of aryl methyl sites for hydroxylation is 1. The molecule has 35 heavy (non-hydrogen) atoms. The molecule has 5 rings (SSSR count). The van der Waals surface area contributed by atoms with Gasteiger partial charge in [0.05, 0.1) is 23.5 Å². The van der Waals surface area contributed by atoms with Crippen LogP contribution in [0.3, 0.4) is 0 Å². The lowest BCUT2D eigenvalue weighted by Gasteiger charge is -2.18. The van der Waals surface area contributed by atoms with E-state index in [1.54, 1.807) is 35.4 Å². The van der Waals surface area contributed by atoms with E-state index in [-0.39, 0.29) is 0 Å². The molecule has 0 saturated carbocycles. The van der Waals surface area contributed by atoms with Crippen molar-refractivity contribution >= 4 is 17.4 Å². The summed E-state index contributed by atoms with van der Waals surface area (Å²) in [5.74, 6) is 0.817. The zero-order valence-corrected chi connectivity index (χ0v) is 19.3. The second kappa shape index (κ2) is 9.52. The molecule has 11 heteroatoms. The SMILES string of the molecule is C[C@H]1CN(c2ccc(C#N)cn2)C[C@H]1NCCCc1[nH]ncc1-c1c(C(N)=O)cnn2ccnc12. The first-order valence-corrected chi connectivity index (χ1v) is 11.5. The number of nitriles is 1. The van der Waals surface area contributed by atoms with Gasteiger partial charge < -0.3 is 16.0 Å². The second-order valence-corrected chi connectivity index (χ2v) is 8.82. The van der Waals surface area contributed by atoms with Crippen LogP contribution in [0.15, 0.2) is 43.1 Å². The Balaban J connectivity index is 1.22. The average molecular weight is 471 g/mol. The summed E-state index contributed by atoms with van der Waals surface area (Å²) < 4.78 is 1.62. The summed E-state index contributed by atoms with van der Waals surface area (Å²) in [5, 5.41) is 24.2. The van der Waals surface area contributed by atoms with Gasteiger partial charge in [-0.05, 0) is 37.4 Å². The van der Waals surface area contributed by atoms with E-state index in [4.69, 9.17) is 11.0 Å². The van der Waals surface area contributed by atoms with Gasteiger partial charge in [-0.2, -0.15) is 15.5 Å². The Hall–Kier alpha value is -4.30. The molecule has 1 fully saturated rings. The Bertz CT molecular complexity index is 1380. The van der Waals surface area contributed by atoms with Crippen molar-refractivity contribution in [2.24, 2.45) is 11.7 Å². The number of fused-ring (bicyclic) bond motifs is 1. The van der Waals surface area contributed by atoms with Gasteiger partial charge >= 0.3 is 0 Å². The number of H-pyrrole nitrogens is 1. The molecule has 178 valence electrons. The summed E-state index contributed by atoms with van der Waals surface area (Å²) >= 11 is 0. The normalized spacial score (nSPS) is 17.7. The molecule has 4 N–H and O–H groups in total. The summed E-state index contributed by atoms with van der Waals surface area (Å²) in [7, 11) is 0. The number of carbonyl (C=O) groups is 1. The van der Waals surface area contributed by atoms with Crippen molar-refractivity contribution in [3.8, 4) is 17.2 Å². The van der Waals surface area contributed by atoms with Crippen LogP contribution in [0, 0.1) is 17.2 Å². The number of hydrogen-bond acceptors (Lipinski definition) is 8. The maximum Gasteiger partial charge on any atom is 0.251 e. The number of carbonyl (C=O) groups excluding carboxylic acids is 1. The smallest absolute Gasteiger partial charge is 0.251 e. The molecule has 0 unspecified atom stereocenters. The molecular formula is C24H26N10O. The summed E-state index contributed by atoms with van der Waals surface area (Å²) in [6, 6.07) is 6.17. The number of imidazole rings is 1. The standard InChI is InChI=1S/C24H26N10O/c1-15-13-33(21-5-4-16(9-25)10-29-21)14-20(15)27-6-2-3-19-17(11-30-32-19)22-18(23(26)35)12-31-34-8-7-28-24(22)34/h4-5,7-8,10-12,15,20,27H,2-3,6,13-14H2,1H3,(H2,26,35)(H,30,32)/t15-,20+/m0/s1. The van der Waals surface area contributed by atoms with Crippen LogP contribution in [0.2, 0.25) is 0 Å². The van der Waals surface area contributed by atoms with E-state index in [0.29, 0.717) is 34.3 Å². The van der Waals surface area contributed by atoms with Crippen LogP contribution in [0.25, 0.3) is 16.8 Å². The Labute approximate surface area is 202 Å². The molecule has 1 aliphatic rings. The first-order valence-electron chi connectivity index (χ1n) is 11.5. The van der Waals surface area contributed by atoms with E-state index in [1.165, 1.54) is 6.20 Å². The Morgan fingerprint density at radius 1 is 1.29 bits per heavy atom. The minimum atomic E-state index is -0.552. The van der Waals surface area contributed by atoms with Gasteiger partial charge in [-0.25, -0.2) is 14.5 Å². The Morgan fingerprint density at radius 2 is 2.17 bits per heavy atom. The summed E-state index contributed by atoms with van der Waals surface area (Å²) in [5.41, 5.74) is 9.46. The van der Waals surface area contributed by atoms with E-state index in [1.807, 2.05) is 6.07 Å². The van der Waals surface area contributed by atoms with Gasteiger partial charge in [0.25, 0.3) is 5.91 Å². The fraction of sp³-hybridized carbons (Fsp3) is 0.333. The van der Waals surface area contributed by atoms with E-state index in [0.717, 1.165) is 49.6 Å². The first kappa shape index (κ1) is 22.5. The number of primary amides is 1. The van der Waals surface area contributed by atoms with Crippen molar-refractivity contribution in [1.82, 2.24) is 35.1 Å². The van der Waals surface area contributed by atoms with E-state index in [9.17, 15) is 4.79 Å². The van der Waals surface area contributed by atoms with Gasteiger partial charge in [0.2, 0.25) is 0 Å². The fourth-order valence-electron chi connectivity index (χ4n) is 4.66. The number of nitrogens with one attached hydrogen (secondary N) is 2. The maximum absolute atomic E-state index is 12.1. The zero-order chi connectivity index (χ0) is 24.4. The molecule has 0 aliphatic carbocycles. The lowest BCUT2D eigenvalue weighted by Crippen LogP contribution is -2.36. The number of amides is 1. The number of pyridine rings is 1. The van der Waals surface area contributed by atoms with Gasteiger partial charge in [-0.3, -0.25) is 9.89 Å². The molecule has 0 bridgehead atoms. The summed E-state index contributed by atoms with van der Waals surface area (Å²) in [6.45, 7) is 4.85. The number of rotatable bonds is 8. The monoisotopic (exact) mass is 470 g/mol. The van der Waals surface area contributed by atoms with Crippen LogP contribution >= 0.6 is 0 Å². The van der Waals surface area contributed by atoms with Gasteiger partial charge in [-0.1, -0.05) is 6.92 Å². The molecule has 1 aliphatic heterocycles. The number of aromatic nitrogens is 6. The molecular weight excluding hydrogens is 444 g/mol. The number of anilines is 1. The molecule has 2 atom stereocenters. The third kappa shape index (κ3) is 4.43. The van der Waals surface area contributed by atoms with Crippen LogP contribution in [-0.2, 0) is 6.42 Å². The van der Waals surface area contributed by atoms with Gasteiger partial charge in [0.15, 0.2) is 5.65 Å². The van der Waals surface area contributed by atoms with Crippen LogP contribution in [-0.4, -0.2) is 61.4 Å². The minimum absolute atomic E-state index is 0.320. The van der Waals surface area contributed by atoms with E-state index in [2.05, 4.69) is 48.5 Å². The highest BCUT2D eigenvalue weighted by Crippen LogP contribution is 2.29. The predicted octanol–water partition coefficient (Wildman–Crippen LogP) is 1.53. The summed E-state index contributed by atoms with van der Waals surface area (Å²) in [6.07, 6.45) is 9.80. The highest BCUT2D eigenvalue weighted by molar-refractivity contribution is 6.03. The van der Waals surface area contributed by atoms with Crippen molar-refractivity contribution in [1.29, 1.82) is 5.26 Å². The minimum Gasteiger partial charge on any atom is -0.366 e. The molecule has 11 nitrogen and oxygen atoms in total. The molecule has 5 heterocycles. The van der Waals surface area contributed by atoms with E-state index >= 15 is 0 Å². The Kier molecular flexibility index (Phi) is 6.12. The van der Waals surface area contributed by atoms with Gasteiger partial charge in [-0.15, -0.1) is 0 Å². The number of aromatic amines is 1. The molecule has 0 radical (unpaired) electrons. The van der Waals surface area contributed by atoms with Crippen LogP contribution in [0.1, 0.15) is 35.0 Å². The quantitative estimate of drug-likeness (QED) is 0.328. The molecule has 0 spiro atoms. The van der Waals surface area contributed by atoms with Crippen LogP contribution in [0.4, 0.5) is 5.82 Å². The number of nitrogens with two attached hydrogens (primary N) is 1. The maximum atomic E-state index is 12.1. The number of hydrogen-bond donors (Lipinski definition) is 3. The highest BCUT2D eigenvalue weighted by atomic mass is 16.1. The first-order chi connectivity index (χ1) is 17.0. The molecule has 4 aromatic heterocycles. The zero-order valence-electron chi connectivity index (χ0n) is 19.3.